The molecule has 0 saturated heterocycles. The van der Waals surface area contributed by atoms with Crippen LogP contribution in [0.25, 0.3) is 20.4 Å². The van der Waals surface area contributed by atoms with Crippen LogP contribution < -0.4 is 5.32 Å². The Bertz CT molecular complexity index is 921. The number of aromatic nitrogens is 3. The molecule has 0 bridgehead atoms. The molecule has 26 heavy (non-hydrogen) atoms. The van der Waals surface area contributed by atoms with Gasteiger partial charge in [-0.2, -0.15) is 0 Å². The number of pyridine rings is 1. The Balaban J connectivity index is 1.73. The molecule has 0 unspecified atom stereocenters. The molecule has 0 amide bonds. The topological polar surface area (TPSA) is 59.9 Å². The van der Waals surface area contributed by atoms with Gasteiger partial charge in [-0.15, -0.1) is 11.3 Å². The van der Waals surface area contributed by atoms with Gasteiger partial charge in [0.25, 0.3) is 0 Å². The minimum absolute atomic E-state index is 0.769. The fourth-order valence-corrected chi connectivity index (χ4v) is 5.02. The van der Waals surface area contributed by atoms with Gasteiger partial charge >= 0.3 is 0 Å². The van der Waals surface area contributed by atoms with Crippen molar-refractivity contribution in [2.45, 2.75) is 52.4 Å². The zero-order valence-corrected chi connectivity index (χ0v) is 16.4. The van der Waals surface area contributed by atoms with Crippen molar-refractivity contribution in [3.63, 3.8) is 0 Å². The molecule has 1 aliphatic rings. The van der Waals surface area contributed by atoms with E-state index in [9.17, 15) is 0 Å². The second-order valence-corrected chi connectivity index (χ2v) is 7.78. The van der Waals surface area contributed by atoms with Gasteiger partial charge in [0.1, 0.15) is 17.0 Å². The number of hydrogen-bond acceptors (Lipinski definition) is 6. The number of aryl methyl sites for hydroxylation is 2. The van der Waals surface area contributed by atoms with E-state index < -0.39 is 0 Å². The van der Waals surface area contributed by atoms with Gasteiger partial charge in [-0.25, -0.2) is 15.0 Å². The van der Waals surface area contributed by atoms with Crippen molar-refractivity contribution in [3.05, 3.63) is 23.1 Å². The molecule has 0 aliphatic heterocycles. The first-order valence-electron chi connectivity index (χ1n) is 9.72. The second-order valence-electron chi connectivity index (χ2n) is 6.78. The molecule has 0 atom stereocenters. The summed E-state index contributed by atoms with van der Waals surface area (Å²) in [7, 11) is 0. The van der Waals surface area contributed by atoms with Crippen molar-refractivity contribution in [3.8, 4) is 0 Å². The lowest BCUT2D eigenvalue weighted by molar-refractivity contribution is 0.147. The Morgan fingerprint density at radius 1 is 1.19 bits per heavy atom. The third-order valence-electron chi connectivity index (χ3n) is 5.01. The Morgan fingerprint density at radius 2 is 2.08 bits per heavy atom. The van der Waals surface area contributed by atoms with Crippen LogP contribution in [0.2, 0.25) is 0 Å². The molecule has 0 radical (unpaired) electrons. The minimum atomic E-state index is 0.769. The first kappa shape index (κ1) is 17.6. The lowest BCUT2D eigenvalue weighted by Crippen LogP contribution is -2.07. The average Bonchev–Trinajstić information content (AvgIpc) is 3.26. The molecule has 0 aromatic carbocycles. The summed E-state index contributed by atoms with van der Waals surface area (Å²) >= 11 is 1.73. The number of nitrogens with one attached hydrogen (secondary N) is 1. The number of hydrogen-bond donors (Lipinski definition) is 1. The number of fused-ring (bicyclic) bond motifs is 5. The summed E-state index contributed by atoms with van der Waals surface area (Å²) in [5, 5.41) is 4.74. The Hall–Kier alpha value is -1.79. The van der Waals surface area contributed by atoms with Crippen molar-refractivity contribution in [2.75, 3.05) is 25.1 Å². The molecular weight excluding hydrogens is 344 g/mol. The summed E-state index contributed by atoms with van der Waals surface area (Å²) in [5.41, 5.74) is 5.36. The first-order valence-corrected chi connectivity index (χ1v) is 10.5. The molecule has 6 heteroatoms. The van der Waals surface area contributed by atoms with Gasteiger partial charge in [-0.05, 0) is 50.2 Å². The molecule has 3 aromatic heterocycles. The highest BCUT2D eigenvalue weighted by Gasteiger charge is 2.23. The van der Waals surface area contributed by atoms with Crippen molar-refractivity contribution in [2.24, 2.45) is 0 Å². The van der Waals surface area contributed by atoms with Crippen LogP contribution in [-0.4, -0.2) is 34.7 Å². The standard InChI is InChI=1S/C20H26N4OS/c1-3-7-15-13-8-5-9-14(13)16-17-18(26-20(16)24-15)19(23-12-22-17)21-10-6-11-25-4-2/h12H,3-11H2,1-2H3,(H,21,22,23). The van der Waals surface area contributed by atoms with Crippen molar-refractivity contribution in [1.29, 1.82) is 0 Å². The third kappa shape index (κ3) is 3.16. The average molecular weight is 371 g/mol. The summed E-state index contributed by atoms with van der Waals surface area (Å²) in [5.74, 6) is 0.929. The molecule has 0 saturated carbocycles. The van der Waals surface area contributed by atoms with E-state index in [4.69, 9.17) is 9.72 Å². The lowest BCUT2D eigenvalue weighted by Gasteiger charge is -2.08. The first-order chi connectivity index (χ1) is 12.8. The van der Waals surface area contributed by atoms with E-state index in [1.165, 1.54) is 35.0 Å². The smallest absolute Gasteiger partial charge is 0.147 e. The largest absolute Gasteiger partial charge is 0.382 e. The van der Waals surface area contributed by atoms with Crippen LogP contribution in [0.4, 0.5) is 5.82 Å². The van der Waals surface area contributed by atoms with E-state index in [-0.39, 0.29) is 0 Å². The van der Waals surface area contributed by atoms with E-state index in [2.05, 4.69) is 22.2 Å². The van der Waals surface area contributed by atoms with Gasteiger partial charge in [0.2, 0.25) is 0 Å². The molecule has 4 rings (SSSR count). The SMILES string of the molecule is CCCc1nc2sc3c(NCCCOCC)ncnc3c2c2c1CCC2. The van der Waals surface area contributed by atoms with Gasteiger partial charge in [0.05, 0.1) is 10.2 Å². The van der Waals surface area contributed by atoms with E-state index in [1.807, 2.05) is 6.92 Å². The summed E-state index contributed by atoms with van der Waals surface area (Å²) < 4.78 is 6.55. The number of nitrogens with zero attached hydrogens (tertiary/aromatic N) is 3. The summed E-state index contributed by atoms with van der Waals surface area (Å²) in [6, 6.07) is 0. The quantitative estimate of drug-likeness (QED) is 0.591. The van der Waals surface area contributed by atoms with Crippen LogP contribution in [0.5, 0.6) is 0 Å². The molecule has 1 aliphatic carbocycles. The summed E-state index contributed by atoms with van der Waals surface area (Å²) in [4.78, 5) is 15.3. The summed E-state index contributed by atoms with van der Waals surface area (Å²) in [6.07, 6.45) is 8.41. The number of thiophene rings is 1. The van der Waals surface area contributed by atoms with Crippen LogP contribution >= 0.6 is 11.3 Å². The number of ether oxygens (including phenoxy) is 1. The Kier molecular flexibility index (Phi) is 5.31. The van der Waals surface area contributed by atoms with E-state index >= 15 is 0 Å². The fraction of sp³-hybridized carbons (Fsp3) is 0.550. The number of rotatable bonds is 8. The van der Waals surface area contributed by atoms with Gasteiger partial charge in [0, 0.05) is 30.8 Å². The van der Waals surface area contributed by atoms with E-state index in [0.29, 0.717) is 0 Å². The molecule has 0 spiro atoms. The van der Waals surface area contributed by atoms with Crippen LogP contribution in [0.1, 0.15) is 49.9 Å². The van der Waals surface area contributed by atoms with Gasteiger partial charge in [-0.1, -0.05) is 13.3 Å². The molecule has 1 N–H and O–H groups in total. The highest BCUT2D eigenvalue weighted by atomic mass is 32.1. The predicted octanol–water partition coefficient (Wildman–Crippen LogP) is 4.52. The minimum Gasteiger partial charge on any atom is -0.382 e. The summed E-state index contributed by atoms with van der Waals surface area (Å²) in [6.45, 7) is 6.66. The third-order valence-corrected chi connectivity index (χ3v) is 6.09. The van der Waals surface area contributed by atoms with Crippen molar-refractivity contribution in [1.82, 2.24) is 15.0 Å². The van der Waals surface area contributed by atoms with E-state index in [1.54, 1.807) is 17.7 Å². The maximum Gasteiger partial charge on any atom is 0.147 e. The molecular formula is C20H26N4OS. The Morgan fingerprint density at radius 3 is 2.92 bits per heavy atom. The van der Waals surface area contributed by atoms with Crippen molar-refractivity contribution >= 4 is 37.6 Å². The normalized spacial score (nSPS) is 13.6. The molecule has 5 nitrogen and oxygen atoms in total. The molecule has 0 fully saturated rings. The van der Waals surface area contributed by atoms with Gasteiger partial charge in [-0.3, -0.25) is 0 Å². The molecule has 3 aromatic rings. The lowest BCUT2D eigenvalue weighted by atomic mass is 10.0. The monoisotopic (exact) mass is 370 g/mol. The van der Waals surface area contributed by atoms with Crippen LogP contribution in [0.3, 0.4) is 0 Å². The van der Waals surface area contributed by atoms with Crippen LogP contribution in [0.15, 0.2) is 6.33 Å². The van der Waals surface area contributed by atoms with Gasteiger partial charge in [0.15, 0.2) is 0 Å². The maximum absolute atomic E-state index is 5.41. The zero-order chi connectivity index (χ0) is 17.9. The van der Waals surface area contributed by atoms with E-state index in [0.717, 1.165) is 66.3 Å². The van der Waals surface area contributed by atoms with Gasteiger partial charge < -0.3 is 10.1 Å². The highest BCUT2D eigenvalue weighted by molar-refractivity contribution is 7.26. The highest BCUT2D eigenvalue weighted by Crippen LogP contribution is 2.41. The maximum atomic E-state index is 5.41. The fourth-order valence-electron chi connectivity index (χ4n) is 3.87. The predicted molar refractivity (Wildman–Crippen MR) is 108 cm³/mol. The number of anilines is 1. The zero-order valence-electron chi connectivity index (χ0n) is 15.6. The van der Waals surface area contributed by atoms with Crippen molar-refractivity contribution < 1.29 is 4.74 Å². The Labute approximate surface area is 158 Å². The molecule has 138 valence electrons. The van der Waals surface area contributed by atoms with Crippen LogP contribution in [0, 0.1) is 0 Å². The van der Waals surface area contributed by atoms with Crippen LogP contribution in [-0.2, 0) is 24.0 Å². The molecule has 3 heterocycles. The second kappa shape index (κ2) is 7.84.